The van der Waals surface area contributed by atoms with Crippen molar-refractivity contribution in [2.45, 2.75) is 0 Å². The Balaban J connectivity index is 2.17. The first kappa shape index (κ1) is 11.3. The lowest BCUT2D eigenvalue weighted by molar-refractivity contribution is 0.122. The molecular formula is C14H16N2O2. The van der Waals surface area contributed by atoms with Crippen LogP contribution in [-0.2, 0) is 11.8 Å². The van der Waals surface area contributed by atoms with Crippen LogP contribution < -0.4 is 10.5 Å². The number of aryl methyl sites for hydroxylation is 1. The van der Waals surface area contributed by atoms with Crippen LogP contribution in [0.2, 0.25) is 0 Å². The van der Waals surface area contributed by atoms with Gasteiger partial charge in [0.15, 0.2) is 0 Å². The summed E-state index contributed by atoms with van der Waals surface area (Å²) >= 11 is 0. The van der Waals surface area contributed by atoms with E-state index in [0.717, 1.165) is 29.7 Å². The van der Waals surface area contributed by atoms with E-state index < -0.39 is 0 Å². The smallest absolute Gasteiger partial charge is 0.274 e. The molecule has 3 rings (SSSR count). The van der Waals surface area contributed by atoms with Crippen molar-refractivity contribution >= 4 is 16.6 Å². The van der Waals surface area contributed by atoms with Crippen LogP contribution in [0.1, 0.15) is 0 Å². The number of pyridine rings is 1. The second kappa shape index (κ2) is 4.46. The molecule has 94 valence electrons. The second-order valence-electron chi connectivity index (χ2n) is 4.55. The zero-order valence-corrected chi connectivity index (χ0v) is 10.4. The van der Waals surface area contributed by atoms with Crippen LogP contribution in [0.4, 0.5) is 5.69 Å². The van der Waals surface area contributed by atoms with Gasteiger partial charge in [0.1, 0.15) is 5.69 Å². The van der Waals surface area contributed by atoms with Gasteiger partial charge in [-0.15, -0.1) is 0 Å². The third-order valence-electron chi connectivity index (χ3n) is 3.47. The number of rotatable bonds is 1. The van der Waals surface area contributed by atoms with Gasteiger partial charge < -0.3 is 14.2 Å². The summed E-state index contributed by atoms with van der Waals surface area (Å²) in [4.78, 5) is 14.5. The molecule has 2 aromatic rings. The molecule has 4 nitrogen and oxygen atoms in total. The van der Waals surface area contributed by atoms with Gasteiger partial charge in [-0.05, 0) is 12.1 Å². The Morgan fingerprint density at radius 1 is 1.17 bits per heavy atom. The van der Waals surface area contributed by atoms with Gasteiger partial charge in [0.2, 0.25) is 0 Å². The third-order valence-corrected chi connectivity index (χ3v) is 3.47. The zero-order valence-electron chi connectivity index (χ0n) is 10.4. The Bertz CT molecular complexity index is 627. The van der Waals surface area contributed by atoms with E-state index in [1.54, 1.807) is 4.57 Å². The van der Waals surface area contributed by atoms with Crippen LogP contribution in [-0.4, -0.2) is 30.9 Å². The fourth-order valence-corrected chi connectivity index (χ4v) is 2.44. The number of para-hydroxylation sites is 1. The van der Waals surface area contributed by atoms with Crippen molar-refractivity contribution in [3.8, 4) is 0 Å². The fourth-order valence-electron chi connectivity index (χ4n) is 2.44. The molecule has 1 aromatic heterocycles. The molecule has 0 radical (unpaired) electrons. The first-order valence-corrected chi connectivity index (χ1v) is 6.19. The maximum Gasteiger partial charge on any atom is 0.274 e. The molecule has 0 bridgehead atoms. The molecule has 0 unspecified atom stereocenters. The Labute approximate surface area is 105 Å². The minimum absolute atomic E-state index is 0.0654. The summed E-state index contributed by atoms with van der Waals surface area (Å²) in [6, 6.07) is 9.95. The molecule has 0 atom stereocenters. The first-order chi connectivity index (χ1) is 8.77. The maximum atomic E-state index is 12.4. The van der Waals surface area contributed by atoms with Crippen LogP contribution in [0, 0.1) is 0 Å². The second-order valence-corrected chi connectivity index (χ2v) is 4.55. The number of ether oxygens (including phenoxy) is 1. The maximum absolute atomic E-state index is 12.4. The lowest BCUT2D eigenvalue weighted by Crippen LogP contribution is -2.40. The number of nitrogens with zero attached hydrogens (tertiary/aromatic N) is 2. The van der Waals surface area contributed by atoms with Gasteiger partial charge in [0.25, 0.3) is 5.56 Å². The van der Waals surface area contributed by atoms with Crippen molar-refractivity contribution < 1.29 is 4.74 Å². The highest BCUT2D eigenvalue weighted by molar-refractivity contribution is 5.82. The minimum Gasteiger partial charge on any atom is -0.378 e. The lowest BCUT2D eigenvalue weighted by atomic mass is 10.2. The van der Waals surface area contributed by atoms with Crippen molar-refractivity contribution in [1.29, 1.82) is 0 Å². The van der Waals surface area contributed by atoms with Crippen LogP contribution in [0.5, 0.6) is 0 Å². The largest absolute Gasteiger partial charge is 0.378 e. The molecule has 1 saturated heterocycles. The summed E-state index contributed by atoms with van der Waals surface area (Å²) in [5.41, 5.74) is 1.81. The van der Waals surface area contributed by atoms with E-state index in [2.05, 4.69) is 4.90 Å². The Morgan fingerprint density at radius 2 is 1.89 bits per heavy atom. The van der Waals surface area contributed by atoms with E-state index in [0.29, 0.717) is 13.2 Å². The summed E-state index contributed by atoms with van der Waals surface area (Å²) in [6.07, 6.45) is 0. The molecule has 1 aromatic carbocycles. The summed E-state index contributed by atoms with van der Waals surface area (Å²) < 4.78 is 7.05. The summed E-state index contributed by atoms with van der Waals surface area (Å²) in [5.74, 6) is 0. The van der Waals surface area contributed by atoms with Crippen LogP contribution in [0.25, 0.3) is 10.9 Å². The fraction of sp³-hybridized carbons (Fsp3) is 0.357. The van der Waals surface area contributed by atoms with Crippen molar-refractivity contribution in [1.82, 2.24) is 4.57 Å². The van der Waals surface area contributed by atoms with E-state index in [1.165, 1.54) is 0 Å². The number of morpholine rings is 1. The van der Waals surface area contributed by atoms with Crippen molar-refractivity contribution in [3.05, 3.63) is 40.7 Å². The molecular weight excluding hydrogens is 228 g/mol. The van der Waals surface area contributed by atoms with Crippen LogP contribution in [0.15, 0.2) is 35.1 Å². The van der Waals surface area contributed by atoms with Gasteiger partial charge in [0.05, 0.1) is 18.7 Å². The van der Waals surface area contributed by atoms with Crippen LogP contribution >= 0.6 is 0 Å². The number of fused-ring (bicyclic) bond motifs is 1. The highest BCUT2D eigenvalue weighted by Gasteiger charge is 2.16. The van der Waals surface area contributed by atoms with Gasteiger partial charge in [-0.3, -0.25) is 4.79 Å². The van der Waals surface area contributed by atoms with Crippen molar-refractivity contribution in [2.75, 3.05) is 31.2 Å². The van der Waals surface area contributed by atoms with Gasteiger partial charge in [-0.25, -0.2) is 0 Å². The summed E-state index contributed by atoms with van der Waals surface area (Å²) in [7, 11) is 1.83. The van der Waals surface area contributed by atoms with E-state index in [1.807, 2.05) is 37.4 Å². The van der Waals surface area contributed by atoms with Crippen LogP contribution in [0.3, 0.4) is 0 Å². The van der Waals surface area contributed by atoms with E-state index in [4.69, 9.17) is 4.74 Å². The zero-order chi connectivity index (χ0) is 12.5. The monoisotopic (exact) mass is 244 g/mol. The third kappa shape index (κ3) is 1.78. The lowest BCUT2D eigenvalue weighted by Gasteiger charge is -2.28. The van der Waals surface area contributed by atoms with Crippen molar-refractivity contribution in [3.63, 3.8) is 0 Å². The highest BCUT2D eigenvalue weighted by atomic mass is 16.5. The SMILES string of the molecule is Cn1c(=O)c(N2CCOCC2)cc2ccccc21. The molecule has 0 saturated carbocycles. The predicted octanol–water partition coefficient (Wildman–Crippen LogP) is 1.38. The molecule has 18 heavy (non-hydrogen) atoms. The highest BCUT2D eigenvalue weighted by Crippen LogP contribution is 2.18. The van der Waals surface area contributed by atoms with Gasteiger partial charge in [0, 0.05) is 25.5 Å². The minimum atomic E-state index is 0.0654. The number of benzene rings is 1. The average Bonchev–Trinajstić information content (AvgIpc) is 2.44. The molecule has 4 heteroatoms. The summed E-state index contributed by atoms with van der Waals surface area (Å²) in [5, 5.41) is 1.10. The molecule has 0 N–H and O–H groups in total. The normalized spacial score (nSPS) is 16.2. The molecule has 0 aliphatic carbocycles. The number of aromatic nitrogens is 1. The summed E-state index contributed by atoms with van der Waals surface area (Å²) in [6.45, 7) is 2.95. The van der Waals surface area contributed by atoms with Crippen molar-refractivity contribution in [2.24, 2.45) is 7.05 Å². The van der Waals surface area contributed by atoms with E-state index in [-0.39, 0.29) is 5.56 Å². The molecule has 1 fully saturated rings. The molecule has 1 aliphatic heterocycles. The van der Waals surface area contributed by atoms with Gasteiger partial charge in [-0.1, -0.05) is 18.2 Å². The van der Waals surface area contributed by atoms with Gasteiger partial charge in [-0.2, -0.15) is 0 Å². The van der Waals surface area contributed by atoms with Gasteiger partial charge >= 0.3 is 0 Å². The Hall–Kier alpha value is -1.81. The number of anilines is 1. The van der Waals surface area contributed by atoms with E-state index in [9.17, 15) is 4.79 Å². The van der Waals surface area contributed by atoms with E-state index >= 15 is 0 Å². The average molecular weight is 244 g/mol. The molecule has 0 amide bonds. The molecule has 0 spiro atoms. The number of hydrogen-bond acceptors (Lipinski definition) is 3. The molecule has 1 aliphatic rings. The Kier molecular flexibility index (Phi) is 2.80. The topological polar surface area (TPSA) is 34.5 Å². The molecule has 2 heterocycles. The standard InChI is InChI=1S/C14H16N2O2/c1-15-12-5-3-2-4-11(12)10-13(14(15)17)16-6-8-18-9-7-16/h2-5,10H,6-9H2,1H3. The first-order valence-electron chi connectivity index (χ1n) is 6.19. The number of hydrogen-bond donors (Lipinski definition) is 0. The predicted molar refractivity (Wildman–Crippen MR) is 72.2 cm³/mol. The quantitative estimate of drug-likeness (QED) is 0.760. The Morgan fingerprint density at radius 3 is 2.67 bits per heavy atom.